The number of carbonyl (C=O) groups excluding carboxylic acids is 1. The van der Waals surface area contributed by atoms with E-state index in [1.165, 1.54) is 0 Å². The van der Waals surface area contributed by atoms with E-state index >= 15 is 0 Å². The molecular weight excluding hydrogens is 202 g/mol. The van der Waals surface area contributed by atoms with Crippen molar-refractivity contribution in [3.05, 3.63) is 0 Å². The summed E-state index contributed by atoms with van der Waals surface area (Å²) in [5.74, 6) is 0.725. The fraction of sp³-hybridized carbons (Fsp3) is 0.923. The molecule has 0 saturated carbocycles. The third-order valence-electron chi connectivity index (χ3n) is 3.41. The highest BCUT2D eigenvalue weighted by Crippen LogP contribution is 2.34. The van der Waals surface area contributed by atoms with Gasteiger partial charge in [0.1, 0.15) is 0 Å². The number of amides is 1. The molecule has 3 heteroatoms. The molecule has 0 aliphatic carbocycles. The summed E-state index contributed by atoms with van der Waals surface area (Å²) in [5, 5.41) is 0. The van der Waals surface area contributed by atoms with Gasteiger partial charge in [-0.3, -0.25) is 0 Å². The van der Waals surface area contributed by atoms with Gasteiger partial charge in [-0.25, -0.2) is 4.79 Å². The van der Waals surface area contributed by atoms with Gasteiger partial charge in [0.25, 0.3) is 0 Å². The number of hydrogen-bond donors (Lipinski definition) is 0. The Kier molecular flexibility index (Phi) is 4.63. The zero-order valence-corrected chi connectivity index (χ0v) is 11.1. The summed E-state index contributed by atoms with van der Waals surface area (Å²) in [6.07, 6.45) is 2.97. The van der Waals surface area contributed by atoms with E-state index in [9.17, 15) is 4.79 Å². The Bertz CT molecular complexity index is 225. The first-order chi connectivity index (χ1) is 7.45. The van der Waals surface area contributed by atoms with E-state index in [-0.39, 0.29) is 6.09 Å². The van der Waals surface area contributed by atoms with Gasteiger partial charge in [0.05, 0.1) is 6.61 Å². The summed E-state index contributed by atoms with van der Waals surface area (Å²) in [4.78, 5) is 13.5. The maximum Gasteiger partial charge on any atom is 0.409 e. The average Bonchev–Trinajstić information content (AvgIpc) is 2.25. The van der Waals surface area contributed by atoms with Gasteiger partial charge >= 0.3 is 6.09 Å². The molecule has 0 aromatic heterocycles. The predicted molar refractivity (Wildman–Crippen MR) is 65.4 cm³/mol. The Morgan fingerprint density at radius 3 is 2.31 bits per heavy atom. The molecule has 0 N–H and O–H groups in total. The molecule has 1 fully saturated rings. The highest BCUT2D eigenvalue weighted by molar-refractivity contribution is 5.67. The number of ether oxygens (including phenoxy) is 1. The molecule has 1 saturated heterocycles. The maximum atomic E-state index is 11.6. The van der Waals surface area contributed by atoms with Gasteiger partial charge in [-0.05, 0) is 30.6 Å². The van der Waals surface area contributed by atoms with Crippen LogP contribution in [0.1, 0.15) is 47.0 Å². The predicted octanol–water partition coefficient (Wildman–Crippen LogP) is 3.29. The molecule has 0 spiro atoms. The van der Waals surface area contributed by atoms with Crippen molar-refractivity contribution in [1.82, 2.24) is 4.90 Å². The minimum atomic E-state index is -0.130. The van der Waals surface area contributed by atoms with Crippen LogP contribution < -0.4 is 0 Å². The van der Waals surface area contributed by atoms with E-state index in [0.29, 0.717) is 12.0 Å². The third-order valence-corrected chi connectivity index (χ3v) is 3.41. The van der Waals surface area contributed by atoms with Gasteiger partial charge < -0.3 is 9.64 Å². The summed E-state index contributed by atoms with van der Waals surface area (Å²) >= 11 is 0. The molecule has 0 unspecified atom stereocenters. The molecule has 1 heterocycles. The average molecular weight is 227 g/mol. The van der Waals surface area contributed by atoms with Gasteiger partial charge in [0.2, 0.25) is 0 Å². The Labute approximate surface area is 99.1 Å². The van der Waals surface area contributed by atoms with E-state index < -0.39 is 0 Å². The lowest BCUT2D eigenvalue weighted by Crippen LogP contribution is -2.41. The molecule has 0 bridgehead atoms. The fourth-order valence-electron chi connectivity index (χ4n) is 2.21. The van der Waals surface area contributed by atoms with Crippen LogP contribution in [0.4, 0.5) is 4.79 Å². The summed E-state index contributed by atoms with van der Waals surface area (Å²) < 4.78 is 5.14. The maximum absolute atomic E-state index is 11.6. The van der Waals surface area contributed by atoms with Crippen molar-refractivity contribution in [3.8, 4) is 0 Å². The zero-order valence-electron chi connectivity index (χ0n) is 11.1. The molecule has 1 aliphatic heterocycles. The second-order valence-electron chi connectivity index (χ2n) is 5.74. The normalized spacial score (nSPS) is 18.6. The number of carbonyl (C=O) groups is 1. The first-order valence-electron chi connectivity index (χ1n) is 6.37. The lowest BCUT2D eigenvalue weighted by molar-refractivity contribution is 0.0707. The van der Waals surface area contributed by atoms with Gasteiger partial charge in [-0.2, -0.15) is 0 Å². The monoisotopic (exact) mass is 227 g/mol. The molecule has 3 nitrogen and oxygen atoms in total. The van der Waals surface area contributed by atoms with Crippen LogP contribution >= 0.6 is 0 Å². The minimum Gasteiger partial charge on any atom is -0.449 e. The standard InChI is InChI=1S/C13H25NO2/c1-5-10-16-12(15)14-8-6-11(7-9-14)13(2,3)4/h11H,5-10H2,1-4H3. The lowest BCUT2D eigenvalue weighted by atomic mass is 9.75. The molecule has 0 atom stereocenters. The van der Waals surface area contributed by atoms with E-state index in [2.05, 4.69) is 20.8 Å². The van der Waals surface area contributed by atoms with Gasteiger partial charge in [0, 0.05) is 13.1 Å². The van der Waals surface area contributed by atoms with Crippen molar-refractivity contribution >= 4 is 6.09 Å². The zero-order chi connectivity index (χ0) is 12.2. The Hall–Kier alpha value is -0.730. The molecule has 0 radical (unpaired) electrons. The van der Waals surface area contributed by atoms with Crippen molar-refractivity contribution < 1.29 is 9.53 Å². The van der Waals surface area contributed by atoms with Crippen LogP contribution in [0.5, 0.6) is 0 Å². The van der Waals surface area contributed by atoms with Gasteiger partial charge in [-0.15, -0.1) is 0 Å². The molecular formula is C13H25NO2. The number of piperidine rings is 1. The first-order valence-corrected chi connectivity index (χ1v) is 6.37. The van der Waals surface area contributed by atoms with Crippen LogP contribution in [0.15, 0.2) is 0 Å². The van der Waals surface area contributed by atoms with Crippen LogP contribution in [-0.2, 0) is 4.74 Å². The summed E-state index contributed by atoms with van der Waals surface area (Å²) in [5.41, 5.74) is 0.361. The number of hydrogen-bond acceptors (Lipinski definition) is 2. The lowest BCUT2D eigenvalue weighted by Gasteiger charge is -2.38. The van der Waals surface area contributed by atoms with Crippen molar-refractivity contribution in [2.75, 3.05) is 19.7 Å². The summed E-state index contributed by atoms with van der Waals surface area (Å²) in [6.45, 7) is 11.1. The first kappa shape index (κ1) is 13.3. The van der Waals surface area contributed by atoms with Crippen molar-refractivity contribution in [2.45, 2.75) is 47.0 Å². The topological polar surface area (TPSA) is 29.5 Å². The van der Waals surface area contributed by atoms with E-state index in [1.807, 2.05) is 11.8 Å². The van der Waals surface area contributed by atoms with E-state index in [4.69, 9.17) is 4.74 Å². The van der Waals surface area contributed by atoms with Crippen LogP contribution in [-0.4, -0.2) is 30.7 Å². The van der Waals surface area contributed by atoms with Crippen LogP contribution in [0.2, 0.25) is 0 Å². The van der Waals surface area contributed by atoms with E-state index in [1.54, 1.807) is 0 Å². The van der Waals surface area contributed by atoms with Crippen LogP contribution in [0.25, 0.3) is 0 Å². The van der Waals surface area contributed by atoms with Crippen LogP contribution in [0.3, 0.4) is 0 Å². The van der Waals surface area contributed by atoms with Crippen molar-refractivity contribution in [2.24, 2.45) is 11.3 Å². The van der Waals surface area contributed by atoms with E-state index in [0.717, 1.165) is 38.3 Å². The molecule has 1 rings (SSSR count). The SMILES string of the molecule is CCCOC(=O)N1CCC(C(C)(C)C)CC1. The molecule has 1 amide bonds. The van der Waals surface area contributed by atoms with Gasteiger partial charge in [0.15, 0.2) is 0 Å². The fourth-order valence-corrected chi connectivity index (χ4v) is 2.21. The Balaban J connectivity index is 2.34. The number of rotatable bonds is 2. The molecule has 1 aliphatic rings. The second kappa shape index (κ2) is 5.55. The smallest absolute Gasteiger partial charge is 0.409 e. The highest BCUT2D eigenvalue weighted by Gasteiger charge is 2.30. The Morgan fingerprint density at radius 1 is 1.31 bits per heavy atom. The number of nitrogens with zero attached hydrogens (tertiary/aromatic N) is 1. The summed E-state index contributed by atoms with van der Waals surface area (Å²) in [6, 6.07) is 0. The Morgan fingerprint density at radius 2 is 1.88 bits per heavy atom. The second-order valence-corrected chi connectivity index (χ2v) is 5.74. The van der Waals surface area contributed by atoms with Crippen LogP contribution in [0, 0.1) is 11.3 Å². The van der Waals surface area contributed by atoms with Crippen molar-refractivity contribution in [1.29, 1.82) is 0 Å². The quantitative estimate of drug-likeness (QED) is 0.724. The van der Waals surface area contributed by atoms with Crippen molar-refractivity contribution in [3.63, 3.8) is 0 Å². The largest absolute Gasteiger partial charge is 0.449 e. The molecule has 0 aromatic rings. The highest BCUT2D eigenvalue weighted by atomic mass is 16.6. The molecule has 0 aromatic carbocycles. The minimum absolute atomic E-state index is 0.130. The molecule has 94 valence electrons. The molecule has 16 heavy (non-hydrogen) atoms. The number of likely N-dealkylation sites (tertiary alicyclic amines) is 1. The van der Waals surface area contributed by atoms with Gasteiger partial charge in [-0.1, -0.05) is 27.7 Å². The summed E-state index contributed by atoms with van der Waals surface area (Å²) in [7, 11) is 0. The third kappa shape index (κ3) is 3.69.